The number of nitrogens with one attached hydrogen (secondary N) is 2. The highest BCUT2D eigenvalue weighted by atomic mass is 32.2. The first-order valence-corrected chi connectivity index (χ1v) is 12.0. The lowest BCUT2D eigenvalue weighted by Crippen LogP contribution is -2.47. The highest BCUT2D eigenvalue weighted by Crippen LogP contribution is 2.38. The van der Waals surface area contributed by atoms with E-state index in [0.717, 1.165) is 56.3 Å². The molecule has 2 aromatic rings. The van der Waals surface area contributed by atoms with Crippen molar-refractivity contribution >= 4 is 38.6 Å². The summed E-state index contributed by atoms with van der Waals surface area (Å²) >= 11 is 1.22. The normalized spacial score (nSPS) is 17.5. The van der Waals surface area contributed by atoms with Gasteiger partial charge in [-0.15, -0.1) is 11.3 Å². The van der Waals surface area contributed by atoms with E-state index in [1.165, 1.54) is 11.3 Å². The van der Waals surface area contributed by atoms with E-state index >= 15 is 0 Å². The Labute approximate surface area is 174 Å². The third-order valence-corrected chi connectivity index (χ3v) is 7.89. The number of sulfonamides is 1. The molecule has 1 aromatic carbocycles. The lowest BCUT2D eigenvalue weighted by atomic mass is 10.2. The summed E-state index contributed by atoms with van der Waals surface area (Å²) in [7, 11) is -3.38. The number of para-hydroxylation sites is 1. The highest BCUT2D eigenvalue weighted by Gasteiger charge is 2.24. The molecule has 0 radical (unpaired) electrons. The molecule has 0 aliphatic carbocycles. The Balaban J connectivity index is 1.24. The number of hydrogen-bond donors (Lipinski definition) is 2. The minimum Gasteiger partial charge on any atom is -0.479 e. The first-order valence-electron chi connectivity index (χ1n) is 9.59. The number of anilines is 2. The molecule has 156 valence electrons. The van der Waals surface area contributed by atoms with E-state index in [-0.39, 0.29) is 12.5 Å². The summed E-state index contributed by atoms with van der Waals surface area (Å²) in [5.74, 6) is 0.609. The van der Waals surface area contributed by atoms with Gasteiger partial charge in [-0.25, -0.2) is 13.1 Å². The molecular weight excluding hydrogens is 412 g/mol. The molecule has 1 amide bonds. The van der Waals surface area contributed by atoms with Crippen molar-refractivity contribution in [1.82, 2.24) is 9.62 Å². The second kappa shape index (κ2) is 8.70. The van der Waals surface area contributed by atoms with Crippen LogP contribution in [-0.4, -0.2) is 65.1 Å². The number of nitrogens with zero attached hydrogens (tertiary/aromatic N) is 2. The van der Waals surface area contributed by atoms with Crippen molar-refractivity contribution in [3.63, 3.8) is 0 Å². The van der Waals surface area contributed by atoms with Crippen LogP contribution in [0.5, 0.6) is 5.75 Å². The molecule has 3 heterocycles. The maximum absolute atomic E-state index is 12.1. The van der Waals surface area contributed by atoms with Crippen LogP contribution in [0.4, 0.5) is 11.4 Å². The average molecular weight is 437 g/mol. The van der Waals surface area contributed by atoms with E-state index < -0.39 is 10.0 Å². The van der Waals surface area contributed by atoms with Crippen LogP contribution in [0.15, 0.2) is 39.9 Å². The zero-order chi connectivity index (χ0) is 20.3. The second-order valence-electron chi connectivity index (χ2n) is 7.00. The van der Waals surface area contributed by atoms with E-state index in [0.29, 0.717) is 10.8 Å². The second-order valence-corrected chi connectivity index (χ2v) is 9.94. The first kappa shape index (κ1) is 20.1. The van der Waals surface area contributed by atoms with E-state index in [1.807, 2.05) is 18.2 Å². The summed E-state index contributed by atoms with van der Waals surface area (Å²) in [6.45, 7) is 4.83. The van der Waals surface area contributed by atoms with Gasteiger partial charge in [0.25, 0.3) is 5.91 Å². The lowest BCUT2D eigenvalue weighted by Gasteiger charge is -2.37. The largest absolute Gasteiger partial charge is 0.479 e. The van der Waals surface area contributed by atoms with Gasteiger partial charge in [0.2, 0.25) is 10.0 Å². The smallest absolute Gasteiger partial charge is 0.262 e. The predicted molar refractivity (Wildman–Crippen MR) is 113 cm³/mol. The van der Waals surface area contributed by atoms with Crippen molar-refractivity contribution < 1.29 is 17.9 Å². The Bertz CT molecular complexity index is 955. The number of piperazine rings is 1. The molecule has 1 fully saturated rings. The molecule has 0 spiro atoms. The monoisotopic (exact) mass is 436 g/mol. The summed E-state index contributed by atoms with van der Waals surface area (Å²) < 4.78 is 32.9. The molecule has 1 saturated heterocycles. The Kier molecular flexibility index (Phi) is 6.04. The van der Waals surface area contributed by atoms with Crippen LogP contribution in [0.3, 0.4) is 0 Å². The van der Waals surface area contributed by atoms with Crippen LogP contribution in [0.25, 0.3) is 0 Å². The number of benzene rings is 1. The fraction of sp³-hybridized carbons (Fsp3) is 0.421. The summed E-state index contributed by atoms with van der Waals surface area (Å²) in [5, 5.41) is 4.61. The molecule has 0 bridgehead atoms. The van der Waals surface area contributed by atoms with E-state index in [2.05, 4.69) is 19.8 Å². The molecule has 8 nitrogen and oxygen atoms in total. The third kappa shape index (κ3) is 4.72. The number of rotatable bonds is 7. The summed E-state index contributed by atoms with van der Waals surface area (Å²) in [5.41, 5.74) is 1.73. The van der Waals surface area contributed by atoms with E-state index in [4.69, 9.17) is 4.74 Å². The Morgan fingerprint density at radius 2 is 1.97 bits per heavy atom. The van der Waals surface area contributed by atoms with Crippen molar-refractivity contribution in [2.45, 2.75) is 10.6 Å². The minimum absolute atomic E-state index is 0.0470. The van der Waals surface area contributed by atoms with Crippen LogP contribution >= 0.6 is 11.3 Å². The van der Waals surface area contributed by atoms with Gasteiger partial charge >= 0.3 is 0 Å². The van der Waals surface area contributed by atoms with Crippen molar-refractivity contribution in [3.8, 4) is 5.75 Å². The van der Waals surface area contributed by atoms with Crippen LogP contribution in [0.1, 0.15) is 6.42 Å². The number of ether oxygens (including phenoxy) is 1. The molecule has 2 aliphatic rings. The SMILES string of the molecule is O=C1COc2c(cccc2N2CCN(CCCNS(=O)(=O)c3cccs3)CC2)N1. The van der Waals surface area contributed by atoms with Crippen LogP contribution in [0.2, 0.25) is 0 Å². The lowest BCUT2D eigenvalue weighted by molar-refractivity contribution is -0.118. The molecule has 4 rings (SSSR count). The van der Waals surface area contributed by atoms with Gasteiger partial charge in [0, 0.05) is 32.7 Å². The van der Waals surface area contributed by atoms with Gasteiger partial charge in [-0.3, -0.25) is 9.69 Å². The third-order valence-electron chi connectivity index (χ3n) is 5.03. The van der Waals surface area contributed by atoms with Gasteiger partial charge < -0.3 is 15.0 Å². The maximum atomic E-state index is 12.1. The zero-order valence-corrected chi connectivity index (χ0v) is 17.6. The standard InChI is InChI=1S/C19H24N4O4S2/c24-17-14-27-19-15(21-17)4-1-5-16(19)23-11-9-22(10-12-23)8-3-7-20-29(25,26)18-6-2-13-28-18/h1-2,4-6,13,20H,3,7-12,14H2,(H,21,24). The number of amides is 1. The molecule has 29 heavy (non-hydrogen) atoms. The quantitative estimate of drug-likeness (QED) is 0.641. The molecule has 10 heteroatoms. The van der Waals surface area contributed by atoms with Gasteiger partial charge in [0.1, 0.15) is 4.21 Å². The van der Waals surface area contributed by atoms with Gasteiger partial charge in [0.15, 0.2) is 12.4 Å². The highest BCUT2D eigenvalue weighted by molar-refractivity contribution is 7.91. The van der Waals surface area contributed by atoms with Crippen LogP contribution < -0.4 is 19.7 Å². The number of thiophene rings is 1. The zero-order valence-electron chi connectivity index (χ0n) is 16.0. The topological polar surface area (TPSA) is 91.0 Å². The molecular formula is C19H24N4O4S2. The first-order chi connectivity index (χ1) is 14.0. The number of carbonyl (C=O) groups excluding carboxylic acids is 1. The molecule has 0 saturated carbocycles. The molecule has 2 N–H and O–H groups in total. The molecule has 1 aromatic heterocycles. The summed E-state index contributed by atoms with van der Waals surface area (Å²) in [6.07, 6.45) is 0.764. The fourth-order valence-electron chi connectivity index (χ4n) is 3.56. The Morgan fingerprint density at radius 3 is 2.72 bits per heavy atom. The van der Waals surface area contributed by atoms with Crippen molar-refractivity contribution in [1.29, 1.82) is 0 Å². The van der Waals surface area contributed by atoms with Crippen LogP contribution in [-0.2, 0) is 14.8 Å². The number of fused-ring (bicyclic) bond motifs is 1. The Morgan fingerprint density at radius 1 is 1.14 bits per heavy atom. The van der Waals surface area contributed by atoms with Crippen molar-refractivity contribution in [2.24, 2.45) is 0 Å². The number of carbonyl (C=O) groups is 1. The van der Waals surface area contributed by atoms with Gasteiger partial charge in [-0.1, -0.05) is 12.1 Å². The summed E-state index contributed by atoms with van der Waals surface area (Å²) in [4.78, 5) is 16.1. The van der Waals surface area contributed by atoms with Crippen LogP contribution in [0, 0.1) is 0 Å². The van der Waals surface area contributed by atoms with Crippen molar-refractivity contribution in [3.05, 3.63) is 35.7 Å². The van der Waals surface area contributed by atoms with E-state index in [1.54, 1.807) is 17.5 Å². The molecule has 0 atom stereocenters. The Hall–Kier alpha value is -2.14. The van der Waals surface area contributed by atoms with Crippen molar-refractivity contribution in [2.75, 3.05) is 56.1 Å². The predicted octanol–water partition coefficient (Wildman–Crippen LogP) is 1.57. The minimum atomic E-state index is -3.38. The van der Waals surface area contributed by atoms with Gasteiger partial charge in [-0.05, 0) is 36.5 Å². The van der Waals surface area contributed by atoms with E-state index in [9.17, 15) is 13.2 Å². The maximum Gasteiger partial charge on any atom is 0.262 e. The molecule has 2 aliphatic heterocycles. The average Bonchev–Trinajstić information content (AvgIpc) is 3.27. The molecule has 0 unspecified atom stereocenters. The summed E-state index contributed by atoms with van der Waals surface area (Å²) in [6, 6.07) is 9.15. The van der Waals surface area contributed by atoms with Gasteiger partial charge in [0.05, 0.1) is 11.4 Å². The van der Waals surface area contributed by atoms with Gasteiger partial charge in [-0.2, -0.15) is 0 Å². The number of hydrogen-bond acceptors (Lipinski definition) is 7. The fourth-order valence-corrected chi connectivity index (χ4v) is 5.67.